The van der Waals surface area contributed by atoms with Crippen LogP contribution in [0.5, 0.6) is 0 Å². The van der Waals surface area contributed by atoms with Gasteiger partial charge >= 0.3 is 0 Å². The number of hydrogen-bond donors (Lipinski definition) is 1. The number of benzene rings is 1. The number of halogens is 1. The quantitative estimate of drug-likeness (QED) is 0.934. The Morgan fingerprint density at radius 2 is 2.29 bits per heavy atom. The number of nitrogens with zero attached hydrogens (tertiary/aromatic N) is 3. The normalized spacial score (nSPS) is 19.5. The van der Waals surface area contributed by atoms with Crippen molar-refractivity contribution in [2.75, 3.05) is 13.1 Å². The molecule has 0 saturated carbocycles. The Hall–Kier alpha value is -1.92. The summed E-state index contributed by atoms with van der Waals surface area (Å²) in [7, 11) is 0. The standard InChI is InChI=1S/C14H15ClN4O2/c1-9-17-12(18-21-9)8-19-7-6-16-14(20)13(19)10-4-2-3-5-11(10)15/h2-5,13H,6-8H2,1H3,(H,16,20). The van der Waals surface area contributed by atoms with E-state index in [1.54, 1.807) is 13.0 Å². The first-order valence-corrected chi connectivity index (χ1v) is 7.08. The monoisotopic (exact) mass is 306 g/mol. The van der Waals surface area contributed by atoms with Crippen molar-refractivity contribution in [1.29, 1.82) is 0 Å². The fraction of sp³-hybridized carbons (Fsp3) is 0.357. The molecule has 2 heterocycles. The second-order valence-corrected chi connectivity index (χ2v) is 5.32. The van der Waals surface area contributed by atoms with Gasteiger partial charge in [0.05, 0.1) is 6.54 Å². The van der Waals surface area contributed by atoms with Crippen molar-refractivity contribution in [3.63, 3.8) is 0 Å². The lowest BCUT2D eigenvalue weighted by molar-refractivity contribution is -0.129. The van der Waals surface area contributed by atoms with Gasteiger partial charge in [-0.2, -0.15) is 4.98 Å². The average Bonchev–Trinajstić information content (AvgIpc) is 2.86. The summed E-state index contributed by atoms with van der Waals surface area (Å²) in [6.07, 6.45) is 0. The highest BCUT2D eigenvalue weighted by Gasteiger charge is 2.33. The zero-order valence-electron chi connectivity index (χ0n) is 11.5. The number of amides is 1. The number of rotatable bonds is 3. The van der Waals surface area contributed by atoms with Gasteiger partial charge in [0.25, 0.3) is 0 Å². The molecule has 1 aliphatic rings. The van der Waals surface area contributed by atoms with Gasteiger partial charge in [0, 0.05) is 25.0 Å². The first-order chi connectivity index (χ1) is 10.1. The third-order valence-corrected chi connectivity index (χ3v) is 3.77. The van der Waals surface area contributed by atoms with Gasteiger partial charge in [0.2, 0.25) is 11.8 Å². The maximum Gasteiger partial charge on any atom is 0.242 e. The predicted octanol–water partition coefficient (Wildman–Crippen LogP) is 1.70. The molecule has 3 rings (SSSR count). The van der Waals surface area contributed by atoms with Crippen molar-refractivity contribution in [3.8, 4) is 0 Å². The molecular weight excluding hydrogens is 292 g/mol. The van der Waals surface area contributed by atoms with Crippen molar-refractivity contribution >= 4 is 17.5 Å². The molecule has 0 aliphatic carbocycles. The molecule has 1 fully saturated rings. The lowest BCUT2D eigenvalue weighted by Gasteiger charge is -2.34. The van der Waals surface area contributed by atoms with Crippen LogP contribution in [0, 0.1) is 6.92 Å². The second kappa shape index (κ2) is 5.83. The summed E-state index contributed by atoms with van der Waals surface area (Å²) in [4.78, 5) is 18.5. The lowest BCUT2D eigenvalue weighted by Crippen LogP contribution is -2.49. The van der Waals surface area contributed by atoms with Gasteiger partial charge < -0.3 is 9.84 Å². The van der Waals surface area contributed by atoms with Gasteiger partial charge in [0.1, 0.15) is 6.04 Å². The van der Waals surface area contributed by atoms with Crippen LogP contribution < -0.4 is 5.32 Å². The maximum atomic E-state index is 12.3. The molecule has 0 spiro atoms. The fourth-order valence-corrected chi connectivity index (χ4v) is 2.75. The van der Waals surface area contributed by atoms with Crippen molar-refractivity contribution in [1.82, 2.24) is 20.4 Å². The Morgan fingerprint density at radius 1 is 1.48 bits per heavy atom. The smallest absolute Gasteiger partial charge is 0.242 e. The molecule has 7 heteroatoms. The molecule has 1 N–H and O–H groups in total. The van der Waals surface area contributed by atoms with Crippen LogP contribution in [-0.4, -0.2) is 34.0 Å². The number of piperazine rings is 1. The van der Waals surface area contributed by atoms with Crippen LogP contribution in [0.25, 0.3) is 0 Å². The Labute approximate surface area is 127 Å². The number of nitrogens with one attached hydrogen (secondary N) is 1. The molecule has 1 amide bonds. The predicted molar refractivity (Wildman–Crippen MR) is 76.6 cm³/mol. The van der Waals surface area contributed by atoms with E-state index in [9.17, 15) is 4.79 Å². The molecule has 1 aromatic heterocycles. The van der Waals surface area contributed by atoms with Crippen LogP contribution in [0.1, 0.15) is 23.3 Å². The van der Waals surface area contributed by atoms with Gasteiger partial charge in [-0.15, -0.1) is 0 Å². The van der Waals surface area contributed by atoms with E-state index in [-0.39, 0.29) is 5.91 Å². The summed E-state index contributed by atoms with van der Waals surface area (Å²) < 4.78 is 4.98. The van der Waals surface area contributed by atoms with Gasteiger partial charge in [-0.25, -0.2) is 0 Å². The molecule has 2 aromatic rings. The third kappa shape index (κ3) is 2.91. The topological polar surface area (TPSA) is 71.3 Å². The van der Waals surface area contributed by atoms with E-state index in [2.05, 4.69) is 15.5 Å². The van der Waals surface area contributed by atoms with E-state index < -0.39 is 6.04 Å². The summed E-state index contributed by atoms with van der Waals surface area (Å²) in [6, 6.07) is 6.94. The van der Waals surface area contributed by atoms with E-state index >= 15 is 0 Å². The molecule has 1 saturated heterocycles. The van der Waals surface area contributed by atoms with Gasteiger partial charge in [-0.05, 0) is 11.6 Å². The summed E-state index contributed by atoms with van der Waals surface area (Å²) in [5.41, 5.74) is 0.789. The summed E-state index contributed by atoms with van der Waals surface area (Å²) in [5.74, 6) is 1.02. The zero-order chi connectivity index (χ0) is 14.8. The molecule has 1 aromatic carbocycles. The molecule has 21 heavy (non-hydrogen) atoms. The Morgan fingerprint density at radius 3 is 3.00 bits per heavy atom. The molecule has 1 atom stereocenters. The Balaban J connectivity index is 1.90. The van der Waals surface area contributed by atoms with Crippen LogP contribution in [-0.2, 0) is 11.3 Å². The van der Waals surface area contributed by atoms with E-state index in [4.69, 9.17) is 16.1 Å². The minimum atomic E-state index is -0.439. The number of carbonyl (C=O) groups excluding carboxylic acids is 1. The Kier molecular flexibility index (Phi) is 3.90. The van der Waals surface area contributed by atoms with Gasteiger partial charge in [-0.1, -0.05) is 35.0 Å². The molecule has 6 nitrogen and oxygen atoms in total. The van der Waals surface area contributed by atoms with Crippen LogP contribution in [0.3, 0.4) is 0 Å². The van der Waals surface area contributed by atoms with E-state index in [0.29, 0.717) is 36.4 Å². The van der Waals surface area contributed by atoms with E-state index in [0.717, 1.165) is 5.56 Å². The van der Waals surface area contributed by atoms with Crippen molar-refractivity contribution in [2.45, 2.75) is 19.5 Å². The molecule has 1 aliphatic heterocycles. The summed E-state index contributed by atoms with van der Waals surface area (Å²) in [6.45, 7) is 3.48. The number of hydrogen-bond acceptors (Lipinski definition) is 5. The first kappa shape index (κ1) is 14.0. The summed E-state index contributed by atoms with van der Waals surface area (Å²) >= 11 is 6.24. The zero-order valence-corrected chi connectivity index (χ0v) is 12.3. The molecule has 0 bridgehead atoms. The second-order valence-electron chi connectivity index (χ2n) is 4.92. The highest BCUT2D eigenvalue weighted by atomic mass is 35.5. The van der Waals surface area contributed by atoms with Gasteiger partial charge in [0.15, 0.2) is 5.82 Å². The van der Waals surface area contributed by atoms with Crippen LogP contribution >= 0.6 is 11.6 Å². The molecular formula is C14H15ClN4O2. The third-order valence-electron chi connectivity index (χ3n) is 3.43. The highest BCUT2D eigenvalue weighted by Crippen LogP contribution is 2.29. The Bertz CT molecular complexity index is 658. The van der Waals surface area contributed by atoms with E-state index in [1.165, 1.54) is 0 Å². The maximum absolute atomic E-state index is 12.3. The van der Waals surface area contributed by atoms with Crippen molar-refractivity contribution < 1.29 is 9.32 Å². The summed E-state index contributed by atoms with van der Waals surface area (Å²) in [5, 5.41) is 7.35. The number of aryl methyl sites for hydroxylation is 1. The van der Waals surface area contributed by atoms with Crippen LogP contribution in [0.4, 0.5) is 0 Å². The number of carbonyl (C=O) groups is 1. The molecule has 0 radical (unpaired) electrons. The van der Waals surface area contributed by atoms with Crippen molar-refractivity contribution in [2.24, 2.45) is 0 Å². The fourth-order valence-electron chi connectivity index (χ4n) is 2.51. The van der Waals surface area contributed by atoms with Gasteiger partial charge in [-0.3, -0.25) is 9.69 Å². The van der Waals surface area contributed by atoms with E-state index in [1.807, 2.05) is 23.1 Å². The molecule has 1 unspecified atom stereocenters. The number of aromatic nitrogens is 2. The van der Waals surface area contributed by atoms with Crippen LogP contribution in [0.15, 0.2) is 28.8 Å². The average molecular weight is 307 g/mol. The highest BCUT2D eigenvalue weighted by molar-refractivity contribution is 6.31. The SMILES string of the molecule is Cc1nc(CN2CCNC(=O)C2c2ccccc2Cl)no1. The first-order valence-electron chi connectivity index (χ1n) is 6.70. The van der Waals surface area contributed by atoms with Crippen molar-refractivity contribution in [3.05, 3.63) is 46.6 Å². The molecule has 110 valence electrons. The van der Waals surface area contributed by atoms with Crippen LogP contribution in [0.2, 0.25) is 5.02 Å². The minimum Gasteiger partial charge on any atom is -0.353 e. The lowest BCUT2D eigenvalue weighted by atomic mass is 10.0. The minimum absolute atomic E-state index is 0.0606. The largest absolute Gasteiger partial charge is 0.353 e.